The molecule has 0 atom stereocenters. The monoisotopic (exact) mass is 336 g/mol. The van der Waals surface area contributed by atoms with E-state index in [-0.39, 0.29) is 23.4 Å². The molecule has 5 nitrogen and oxygen atoms in total. The van der Waals surface area contributed by atoms with Crippen molar-refractivity contribution in [1.82, 2.24) is 10.2 Å². The first-order chi connectivity index (χ1) is 11.1. The number of carbonyl (C=O) groups is 2. The maximum absolute atomic E-state index is 12.2. The quantitative estimate of drug-likeness (QED) is 0.898. The Kier molecular flexibility index (Phi) is 5.02. The van der Waals surface area contributed by atoms with Crippen LogP contribution in [0.3, 0.4) is 0 Å². The topological polar surface area (TPSA) is 58.6 Å². The summed E-state index contributed by atoms with van der Waals surface area (Å²) >= 11 is 1.47. The lowest BCUT2D eigenvalue weighted by Gasteiger charge is -2.44. The van der Waals surface area contributed by atoms with Gasteiger partial charge in [-0.05, 0) is 43.6 Å². The molecule has 1 saturated heterocycles. The molecule has 1 N–H and O–H groups in total. The van der Waals surface area contributed by atoms with Crippen LogP contribution < -0.4 is 5.32 Å². The first kappa shape index (κ1) is 16.5. The normalized spacial score (nSPS) is 27.6. The molecule has 126 valence electrons. The number of amides is 2. The zero-order chi connectivity index (χ0) is 16.3. The summed E-state index contributed by atoms with van der Waals surface area (Å²) in [5.74, 6) is 0.280. The smallest absolute Gasteiger partial charge is 0.261 e. The minimum absolute atomic E-state index is 0.000225. The second-order valence-corrected chi connectivity index (χ2v) is 7.44. The van der Waals surface area contributed by atoms with Crippen molar-refractivity contribution in [3.05, 3.63) is 22.4 Å². The van der Waals surface area contributed by atoms with E-state index in [1.165, 1.54) is 11.3 Å². The van der Waals surface area contributed by atoms with Crippen LogP contribution in [0.1, 0.15) is 48.2 Å². The van der Waals surface area contributed by atoms with Crippen molar-refractivity contribution in [3.8, 4) is 0 Å². The van der Waals surface area contributed by atoms with Gasteiger partial charge >= 0.3 is 0 Å². The van der Waals surface area contributed by atoms with Gasteiger partial charge in [-0.1, -0.05) is 6.07 Å². The molecule has 2 aliphatic rings. The summed E-state index contributed by atoms with van der Waals surface area (Å²) in [4.78, 5) is 27.1. The van der Waals surface area contributed by atoms with Crippen LogP contribution in [0.15, 0.2) is 17.5 Å². The third kappa shape index (κ3) is 3.43. The molecule has 0 unspecified atom stereocenters. The summed E-state index contributed by atoms with van der Waals surface area (Å²) in [7, 11) is 1.67. The summed E-state index contributed by atoms with van der Waals surface area (Å²) in [6.07, 6.45) is 5.41. The van der Waals surface area contributed by atoms with E-state index in [9.17, 15) is 9.59 Å². The van der Waals surface area contributed by atoms with Gasteiger partial charge in [-0.2, -0.15) is 0 Å². The summed E-state index contributed by atoms with van der Waals surface area (Å²) in [5, 5.41) is 5.06. The van der Waals surface area contributed by atoms with Gasteiger partial charge in [0.15, 0.2) is 0 Å². The largest absolute Gasteiger partial charge is 0.383 e. The van der Waals surface area contributed by atoms with E-state index in [0.29, 0.717) is 19.6 Å². The van der Waals surface area contributed by atoms with Gasteiger partial charge in [-0.25, -0.2) is 0 Å². The minimum atomic E-state index is -0.000225. The molecular formula is C17H24N2O3S. The molecule has 1 aromatic rings. The number of thiophene rings is 1. The number of ether oxygens (including phenoxy) is 1. The van der Waals surface area contributed by atoms with Crippen LogP contribution in [-0.2, 0) is 9.53 Å². The Hall–Kier alpha value is -1.40. The molecular weight excluding hydrogens is 312 g/mol. The van der Waals surface area contributed by atoms with E-state index in [2.05, 4.69) is 5.32 Å². The zero-order valence-corrected chi connectivity index (χ0v) is 14.4. The number of nitrogens with zero attached hydrogens (tertiary/aromatic N) is 1. The highest BCUT2D eigenvalue weighted by atomic mass is 32.1. The van der Waals surface area contributed by atoms with Gasteiger partial charge in [0, 0.05) is 31.7 Å². The standard InChI is InChI=1S/C17H24N2O3S/c1-22-11-10-19-15(20)6-9-17(19)7-4-13(5-8-17)18-16(21)14-3-2-12-23-14/h2-3,12-13H,4-11H2,1H3,(H,18,21). The van der Waals surface area contributed by atoms with Crippen LogP contribution in [0.25, 0.3) is 0 Å². The van der Waals surface area contributed by atoms with Gasteiger partial charge in [-0.15, -0.1) is 11.3 Å². The molecule has 3 rings (SSSR count). The highest BCUT2D eigenvalue weighted by molar-refractivity contribution is 7.12. The van der Waals surface area contributed by atoms with Crippen molar-refractivity contribution in [1.29, 1.82) is 0 Å². The van der Waals surface area contributed by atoms with E-state index in [4.69, 9.17) is 4.74 Å². The van der Waals surface area contributed by atoms with Crippen molar-refractivity contribution in [2.24, 2.45) is 0 Å². The minimum Gasteiger partial charge on any atom is -0.383 e. The van der Waals surface area contributed by atoms with Crippen LogP contribution in [0.5, 0.6) is 0 Å². The highest BCUT2D eigenvalue weighted by Crippen LogP contribution is 2.42. The van der Waals surface area contributed by atoms with E-state index < -0.39 is 0 Å². The SMILES string of the molecule is COCCN1C(=O)CCC12CCC(NC(=O)c1cccs1)CC2. The molecule has 1 spiro atoms. The number of nitrogens with one attached hydrogen (secondary N) is 1. The lowest BCUT2D eigenvalue weighted by Crippen LogP contribution is -2.52. The zero-order valence-electron chi connectivity index (χ0n) is 13.5. The lowest BCUT2D eigenvalue weighted by molar-refractivity contribution is -0.133. The Labute approximate surface area is 141 Å². The first-order valence-electron chi connectivity index (χ1n) is 8.28. The highest BCUT2D eigenvalue weighted by Gasteiger charge is 2.46. The van der Waals surface area contributed by atoms with Gasteiger partial charge in [0.25, 0.3) is 5.91 Å². The van der Waals surface area contributed by atoms with Crippen LogP contribution >= 0.6 is 11.3 Å². The Morgan fingerprint density at radius 2 is 2.22 bits per heavy atom. The van der Waals surface area contributed by atoms with Gasteiger partial charge in [0.1, 0.15) is 0 Å². The summed E-state index contributed by atoms with van der Waals surface area (Å²) < 4.78 is 5.15. The fourth-order valence-corrected chi connectivity index (χ4v) is 4.53. The van der Waals surface area contributed by atoms with E-state index in [0.717, 1.165) is 37.0 Å². The molecule has 0 bridgehead atoms. The summed E-state index contributed by atoms with van der Waals surface area (Å²) in [5.41, 5.74) is -0.000225. The Morgan fingerprint density at radius 3 is 2.87 bits per heavy atom. The number of carbonyl (C=O) groups excluding carboxylic acids is 2. The average molecular weight is 336 g/mol. The van der Waals surface area contributed by atoms with Crippen molar-refractivity contribution in [3.63, 3.8) is 0 Å². The lowest BCUT2D eigenvalue weighted by atomic mass is 9.77. The van der Waals surface area contributed by atoms with Crippen LogP contribution in [-0.4, -0.2) is 48.6 Å². The molecule has 1 saturated carbocycles. The Bertz CT molecular complexity index is 550. The number of hydrogen-bond acceptors (Lipinski definition) is 4. The third-order valence-electron chi connectivity index (χ3n) is 5.19. The third-order valence-corrected chi connectivity index (χ3v) is 6.06. The van der Waals surface area contributed by atoms with Crippen molar-refractivity contribution in [2.45, 2.75) is 50.1 Å². The van der Waals surface area contributed by atoms with Gasteiger partial charge in [-0.3, -0.25) is 9.59 Å². The fourth-order valence-electron chi connectivity index (χ4n) is 3.90. The molecule has 1 aromatic heterocycles. The number of rotatable bonds is 5. The molecule has 2 amide bonds. The van der Waals surface area contributed by atoms with Gasteiger partial charge in [0.05, 0.1) is 11.5 Å². The molecule has 2 fully saturated rings. The molecule has 2 heterocycles. The maximum Gasteiger partial charge on any atom is 0.261 e. The summed E-state index contributed by atoms with van der Waals surface area (Å²) in [6.45, 7) is 1.27. The van der Waals surface area contributed by atoms with Crippen LogP contribution in [0.4, 0.5) is 0 Å². The van der Waals surface area contributed by atoms with E-state index in [1.54, 1.807) is 7.11 Å². The molecule has 23 heavy (non-hydrogen) atoms. The number of hydrogen-bond donors (Lipinski definition) is 1. The first-order valence-corrected chi connectivity index (χ1v) is 9.16. The predicted molar refractivity (Wildman–Crippen MR) is 89.6 cm³/mol. The predicted octanol–water partition coefficient (Wildman–Crippen LogP) is 2.43. The molecule has 6 heteroatoms. The van der Waals surface area contributed by atoms with Crippen LogP contribution in [0.2, 0.25) is 0 Å². The average Bonchev–Trinajstić information content (AvgIpc) is 3.18. The summed E-state index contributed by atoms with van der Waals surface area (Å²) in [6, 6.07) is 3.97. The molecule has 1 aliphatic carbocycles. The Morgan fingerprint density at radius 1 is 1.43 bits per heavy atom. The van der Waals surface area contributed by atoms with E-state index >= 15 is 0 Å². The molecule has 1 aliphatic heterocycles. The maximum atomic E-state index is 12.2. The van der Waals surface area contributed by atoms with Gasteiger partial charge in [0.2, 0.25) is 5.91 Å². The van der Waals surface area contributed by atoms with Crippen LogP contribution in [0, 0.1) is 0 Å². The number of methoxy groups -OCH3 is 1. The van der Waals surface area contributed by atoms with Crippen molar-refractivity contribution in [2.75, 3.05) is 20.3 Å². The number of likely N-dealkylation sites (tertiary alicyclic amines) is 1. The van der Waals surface area contributed by atoms with E-state index in [1.807, 2.05) is 22.4 Å². The van der Waals surface area contributed by atoms with Gasteiger partial charge < -0.3 is 15.0 Å². The Balaban J connectivity index is 1.57. The fraction of sp³-hybridized carbons (Fsp3) is 0.647. The second-order valence-electron chi connectivity index (χ2n) is 6.49. The molecule has 0 aromatic carbocycles. The van der Waals surface area contributed by atoms with Crippen molar-refractivity contribution < 1.29 is 14.3 Å². The van der Waals surface area contributed by atoms with Crippen molar-refractivity contribution >= 4 is 23.2 Å². The second kappa shape index (κ2) is 7.01. The molecule has 0 radical (unpaired) electrons.